The molecule has 0 bridgehead atoms. The van der Waals surface area contributed by atoms with Crippen molar-refractivity contribution in [3.8, 4) is 16.2 Å². The van der Waals surface area contributed by atoms with E-state index in [9.17, 15) is 24.3 Å². The smallest absolute Gasteiger partial charge is 0.246 e. The van der Waals surface area contributed by atoms with Crippen molar-refractivity contribution < 1.29 is 29.0 Å². The summed E-state index contributed by atoms with van der Waals surface area (Å²) in [6, 6.07) is 13.7. The van der Waals surface area contributed by atoms with E-state index in [-0.39, 0.29) is 62.0 Å². The van der Waals surface area contributed by atoms with Crippen LogP contribution in [0.2, 0.25) is 0 Å². The summed E-state index contributed by atoms with van der Waals surface area (Å²) in [6.45, 7) is 8.20. The minimum absolute atomic E-state index is 0.0244. The maximum atomic E-state index is 13.9. The molecule has 4 rings (SSSR count). The predicted octanol–water partition coefficient (Wildman–Crippen LogP) is 4.00. The van der Waals surface area contributed by atoms with Gasteiger partial charge in [0.2, 0.25) is 23.6 Å². The van der Waals surface area contributed by atoms with E-state index in [1.165, 1.54) is 4.90 Å². The Labute approximate surface area is 310 Å². The quantitative estimate of drug-likeness (QED) is 0.121. The molecule has 282 valence electrons. The molecule has 1 fully saturated rings. The second kappa shape index (κ2) is 19.0. The maximum Gasteiger partial charge on any atom is 0.246 e. The summed E-state index contributed by atoms with van der Waals surface area (Å²) in [5.74, 6) is -0.617. The van der Waals surface area contributed by atoms with E-state index in [0.717, 1.165) is 46.5 Å². The molecular formula is C39H54N6O6S. The second-order valence-electron chi connectivity index (χ2n) is 14.7. The van der Waals surface area contributed by atoms with Gasteiger partial charge in [-0.1, -0.05) is 63.6 Å². The highest BCUT2D eigenvalue weighted by atomic mass is 32.1. The number of amides is 4. The lowest BCUT2D eigenvalue weighted by Gasteiger charge is -2.35. The number of nitrogens with one attached hydrogen (secondary N) is 2. The highest BCUT2D eigenvalue weighted by Crippen LogP contribution is 2.28. The molecule has 13 heteroatoms. The molecule has 1 unspecified atom stereocenters. The van der Waals surface area contributed by atoms with Gasteiger partial charge >= 0.3 is 0 Å². The number of thiazole rings is 1. The normalized spacial score (nSPS) is 17.0. The lowest BCUT2D eigenvalue weighted by molar-refractivity contribution is -0.144. The maximum absolute atomic E-state index is 13.9. The van der Waals surface area contributed by atoms with Gasteiger partial charge in [0.15, 0.2) is 0 Å². The van der Waals surface area contributed by atoms with Crippen molar-refractivity contribution in [1.29, 1.82) is 0 Å². The van der Waals surface area contributed by atoms with Crippen LogP contribution in [0.25, 0.3) is 10.4 Å². The number of likely N-dealkylation sites (tertiary alicyclic amines) is 1. The molecule has 0 aliphatic carbocycles. The zero-order valence-electron chi connectivity index (χ0n) is 30.7. The van der Waals surface area contributed by atoms with Gasteiger partial charge in [-0.05, 0) is 66.8 Å². The number of carbonyl (C=O) groups is 4. The Hall–Kier alpha value is -4.33. The number of nitrogens with zero attached hydrogens (tertiary/aromatic N) is 2. The summed E-state index contributed by atoms with van der Waals surface area (Å²) in [6.07, 6.45) is 3.41. The molecule has 1 aliphatic rings. The topological polar surface area (TPSA) is 190 Å². The van der Waals surface area contributed by atoms with Crippen molar-refractivity contribution in [2.45, 2.75) is 110 Å². The van der Waals surface area contributed by atoms with Crippen molar-refractivity contribution >= 4 is 35.0 Å². The van der Waals surface area contributed by atoms with Gasteiger partial charge in [0.1, 0.15) is 24.4 Å². The number of aliphatic hydroxyl groups excluding tert-OH is 1. The number of β-amino-alcohol motifs (C(OH)–C–C–N with tert-alkyl or cyclic N) is 1. The van der Waals surface area contributed by atoms with E-state index in [1.54, 1.807) is 11.3 Å². The summed E-state index contributed by atoms with van der Waals surface area (Å²) >= 11 is 1.58. The number of hydrogen-bond acceptors (Lipinski definition) is 9. The lowest BCUT2D eigenvalue weighted by Crippen LogP contribution is -2.57. The molecule has 4 atom stereocenters. The van der Waals surface area contributed by atoms with Crippen molar-refractivity contribution in [3.63, 3.8) is 0 Å². The largest absolute Gasteiger partial charge is 0.492 e. The van der Waals surface area contributed by atoms with Gasteiger partial charge in [-0.2, -0.15) is 0 Å². The molecule has 2 aromatic carbocycles. The first-order valence-corrected chi connectivity index (χ1v) is 18.9. The Bertz CT molecular complexity index is 1660. The molecular weight excluding hydrogens is 681 g/mol. The molecule has 0 radical (unpaired) electrons. The monoisotopic (exact) mass is 734 g/mol. The van der Waals surface area contributed by atoms with E-state index < -0.39 is 23.6 Å². The average molecular weight is 735 g/mol. The van der Waals surface area contributed by atoms with Crippen molar-refractivity contribution in [1.82, 2.24) is 20.5 Å². The van der Waals surface area contributed by atoms with Crippen LogP contribution in [0.1, 0.15) is 82.5 Å². The SMILES string of the molecule is Cc1ncsc1-c1ccc(CNC(=O)[C@@H]2C[C@@H](O)CN2C(=O)C(NC(=O)CCCCCc2cccc(OC[C@@H](N)CCC(N)=O)c2)C(C)(C)C)cc1. The number of rotatable bonds is 18. The van der Waals surface area contributed by atoms with Gasteiger partial charge in [-0.3, -0.25) is 19.2 Å². The molecule has 52 heavy (non-hydrogen) atoms. The summed E-state index contributed by atoms with van der Waals surface area (Å²) in [5.41, 5.74) is 16.4. The summed E-state index contributed by atoms with van der Waals surface area (Å²) in [7, 11) is 0. The standard InChI is InChI=1S/C39H54N6O6S/c1-25-35(52-24-43-25)28-15-13-27(14-16-28)21-42-37(49)32-20-30(46)22-45(32)38(50)36(39(2,3)4)44-34(48)12-7-5-6-9-26-10-8-11-31(19-26)51-23-29(40)17-18-33(41)47/h8,10-11,13-16,19,24,29-30,32,36,46H,5-7,9,12,17-18,20-23,40H2,1-4H3,(H2,41,47)(H,42,49)(H,44,48)/t29-,30+,32-,36?/m0/s1. The number of unbranched alkanes of at least 4 members (excludes halogenated alkanes) is 2. The highest BCUT2D eigenvalue weighted by Gasteiger charge is 2.44. The molecule has 0 spiro atoms. The number of hydrogen-bond donors (Lipinski definition) is 5. The number of primary amides is 1. The van der Waals surface area contributed by atoms with E-state index >= 15 is 0 Å². The van der Waals surface area contributed by atoms with Gasteiger partial charge < -0.3 is 36.8 Å². The number of benzene rings is 2. The molecule has 1 saturated heterocycles. The fourth-order valence-corrected chi connectivity index (χ4v) is 7.02. The summed E-state index contributed by atoms with van der Waals surface area (Å²) in [4.78, 5) is 58.2. The Morgan fingerprint density at radius 3 is 2.48 bits per heavy atom. The third kappa shape index (κ3) is 12.1. The lowest BCUT2D eigenvalue weighted by atomic mass is 9.85. The Kier molecular flexibility index (Phi) is 14.7. The molecule has 3 aromatic rings. The van der Waals surface area contributed by atoms with Crippen molar-refractivity contribution in [2.75, 3.05) is 13.2 Å². The third-order valence-electron chi connectivity index (χ3n) is 9.20. The first-order valence-electron chi connectivity index (χ1n) is 18.0. The van der Waals surface area contributed by atoms with Crippen LogP contribution in [0.5, 0.6) is 5.75 Å². The van der Waals surface area contributed by atoms with Gasteiger partial charge in [-0.25, -0.2) is 4.98 Å². The Morgan fingerprint density at radius 1 is 1.06 bits per heavy atom. The fourth-order valence-electron chi connectivity index (χ4n) is 6.21. The highest BCUT2D eigenvalue weighted by molar-refractivity contribution is 7.13. The molecule has 1 aromatic heterocycles. The van der Waals surface area contributed by atoms with Crippen LogP contribution in [0.3, 0.4) is 0 Å². The number of aliphatic hydroxyl groups is 1. The van der Waals surface area contributed by atoms with Crippen molar-refractivity contribution in [3.05, 3.63) is 70.9 Å². The summed E-state index contributed by atoms with van der Waals surface area (Å²) in [5, 5.41) is 16.4. The van der Waals surface area contributed by atoms with Gasteiger partial charge in [0.25, 0.3) is 0 Å². The minimum Gasteiger partial charge on any atom is -0.492 e. The number of aryl methyl sites for hydroxylation is 2. The first kappa shape index (κ1) is 40.4. The third-order valence-corrected chi connectivity index (χ3v) is 10.2. The average Bonchev–Trinajstić information content (AvgIpc) is 3.72. The van der Waals surface area contributed by atoms with Crippen LogP contribution in [-0.4, -0.2) is 76.0 Å². The molecule has 1 aliphatic heterocycles. The fraction of sp³-hybridized carbons (Fsp3) is 0.513. The molecule has 4 amide bonds. The number of ether oxygens (including phenoxy) is 1. The molecule has 12 nitrogen and oxygen atoms in total. The minimum atomic E-state index is -0.866. The van der Waals surface area contributed by atoms with Gasteiger partial charge in [-0.15, -0.1) is 11.3 Å². The number of nitrogens with two attached hydrogens (primary N) is 2. The predicted molar refractivity (Wildman–Crippen MR) is 202 cm³/mol. The van der Waals surface area contributed by atoms with Crippen LogP contribution in [0.4, 0.5) is 0 Å². The number of carbonyl (C=O) groups excluding carboxylic acids is 4. The van der Waals surface area contributed by atoms with Crippen LogP contribution in [-0.2, 0) is 32.1 Å². The Balaban J connectivity index is 1.23. The molecule has 0 saturated carbocycles. The van der Waals surface area contributed by atoms with E-state index in [4.69, 9.17) is 16.2 Å². The van der Waals surface area contributed by atoms with E-state index in [2.05, 4.69) is 15.6 Å². The van der Waals surface area contributed by atoms with E-state index in [1.807, 2.05) is 81.7 Å². The van der Waals surface area contributed by atoms with Gasteiger partial charge in [0.05, 0.1) is 22.2 Å². The van der Waals surface area contributed by atoms with Crippen LogP contribution >= 0.6 is 11.3 Å². The first-order chi connectivity index (χ1) is 24.7. The molecule has 2 heterocycles. The van der Waals surface area contributed by atoms with E-state index in [0.29, 0.717) is 25.2 Å². The summed E-state index contributed by atoms with van der Waals surface area (Å²) < 4.78 is 5.79. The van der Waals surface area contributed by atoms with Crippen LogP contribution in [0, 0.1) is 12.3 Å². The number of aromatic nitrogens is 1. The molecule has 7 N–H and O–H groups in total. The Morgan fingerprint density at radius 2 is 1.81 bits per heavy atom. The van der Waals surface area contributed by atoms with Gasteiger partial charge in [0, 0.05) is 38.4 Å². The zero-order chi connectivity index (χ0) is 37.8. The zero-order valence-corrected chi connectivity index (χ0v) is 31.5. The van der Waals surface area contributed by atoms with Crippen LogP contribution < -0.4 is 26.8 Å². The van der Waals surface area contributed by atoms with Crippen molar-refractivity contribution in [2.24, 2.45) is 16.9 Å². The van der Waals surface area contributed by atoms with Crippen LogP contribution in [0.15, 0.2) is 54.0 Å². The second-order valence-corrected chi connectivity index (χ2v) is 15.6.